The Hall–Kier alpha value is -2.14. The number of halogens is 1. The third-order valence-electron chi connectivity index (χ3n) is 2.35. The lowest BCUT2D eigenvalue weighted by atomic mass is 10.2. The van der Waals surface area contributed by atoms with Gasteiger partial charge in [0.15, 0.2) is 0 Å². The zero-order chi connectivity index (χ0) is 13.1. The molecular formula is C12H10ClN3O2. The quantitative estimate of drug-likeness (QED) is 0.521. The molecule has 0 aliphatic heterocycles. The number of aromatic nitrogens is 1. The summed E-state index contributed by atoms with van der Waals surface area (Å²) in [5, 5.41) is 13.9. The van der Waals surface area contributed by atoms with Crippen LogP contribution in [0.2, 0.25) is 5.15 Å². The van der Waals surface area contributed by atoms with E-state index in [1.165, 1.54) is 12.1 Å². The Morgan fingerprint density at radius 2 is 1.89 bits per heavy atom. The standard InChI is InChI=1S/C12H10ClN3O2/c1-8-2-4-9(5-3-8)14-12-10(16(17)18)6-7-11(13)15-12/h2-7H,1H3,(H,14,15). The van der Waals surface area contributed by atoms with Gasteiger partial charge in [0, 0.05) is 11.8 Å². The molecule has 92 valence electrons. The van der Waals surface area contributed by atoms with Gasteiger partial charge in [0.05, 0.1) is 4.92 Å². The summed E-state index contributed by atoms with van der Waals surface area (Å²) in [5.41, 5.74) is 1.72. The number of benzene rings is 1. The van der Waals surface area contributed by atoms with Gasteiger partial charge in [-0.2, -0.15) is 0 Å². The highest BCUT2D eigenvalue weighted by Crippen LogP contribution is 2.27. The third-order valence-corrected chi connectivity index (χ3v) is 2.56. The first kappa shape index (κ1) is 12.3. The summed E-state index contributed by atoms with van der Waals surface area (Å²) in [7, 11) is 0. The van der Waals surface area contributed by atoms with Crippen LogP contribution in [-0.4, -0.2) is 9.91 Å². The average Bonchev–Trinajstić information content (AvgIpc) is 2.32. The Labute approximate surface area is 109 Å². The SMILES string of the molecule is Cc1ccc(Nc2nc(Cl)ccc2[N+](=O)[O-])cc1. The molecule has 6 heteroatoms. The van der Waals surface area contributed by atoms with E-state index in [0.717, 1.165) is 11.3 Å². The Kier molecular flexibility index (Phi) is 3.43. The summed E-state index contributed by atoms with van der Waals surface area (Å²) in [6.07, 6.45) is 0. The topological polar surface area (TPSA) is 68.1 Å². The normalized spacial score (nSPS) is 10.1. The zero-order valence-corrected chi connectivity index (χ0v) is 10.3. The molecule has 18 heavy (non-hydrogen) atoms. The van der Waals surface area contributed by atoms with Crippen molar-refractivity contribution in [2.75, 3.05) is 5.32 Å². The largest absolute Gasteiger partial charge is 0.334 e. The highest BCUT2D eigenvalue weighted by atomic mass is 35.5. The molecule has 0 aliphatic rings. The predicted molar refractivity (Wildman–Crippen MR) is 70.4 cm³/mol. The molecule has 1 aromatic carbocycles. The molecule has 0 spiro atoms. The molecule has 0 atom stereocenters. The number of hydrogen-bond donors (Lipinski definition) is 1. The van der Waals surface area contributed by atoms with Gasteiger partial charge in [-0.3, -0.25) is 10.1 Å². The van der Waals surface area contributed by atoms with E-state index in [0.29, 0.717) is 0 Å². The molecule has 0 unspecified atom stereocenters. The van der Waals surface area contributed by atoms with E-state index in [1.54, 1.807) is 0 Å². The van der Waals surface area contributed by atoms with Gasteiger partial charge >= 0.3 is 5.69 Å². The average molecular weight is 264 g/mol. The molecule has 0 aliphatic carbocycles. The molecule has 0 saturated heterocycles. The molecule has 1 N–H and O–H groups in total. The first-order valence-corrected chi connectivity index (χ1v) is 5.58. The van der Waals surface area contributed by atoms with Crippen molar-refractivity contribution in [2.24, 2.45) is 0 Å². The lowest BCUT2D eigenvalue weighted by Gasteiger charge is -2.06. The van der Waals surface area contributed by atoms with Gasteiger partial charge in [-0.25, -0.2) is 4.98 Å². The van der Waals surface area contributed by atoms with E-state index in [-0.39, 0.29) is 16.7 Å². The van der Waals surface area contributed by atoms with Crippen molar-refractivity contribution in [1.29, 1.82) is 0 Å². The molecule has 0 saturated carbocycles. The van der Waals surface area contributed by atoms with Gasteiger partial charge in [0.1, 0.15) is 5.15 Å². The van der Waals surface area contributed by atoms with Crippen molar-refractivity contribution >= 4 is 28.8 Å². The maximum Gasteiger partial charge on any atom is 0.311 e. The van der Waals surface area contributed by atoms with Crippen molar-refractivity contribution in [3.05, 3.63) is 57.2 Å². The number of aryl methyl sites for hydroxylation is 1. The predicted octanol–water partition coefficient (Wildman–Crippen LogP) is 3.70. The Morgan fingerprint density at radius 3 is 2.50 bits per heavy atom. The maximum absolute atomic E-state index is 10.9. The molecule has 0 fully saturated rings. The summed E-state index contributed by atoms with van der Waals surface area (Å²) < 4.78 is 0. The van der Waals surface area contributed by atoms with Crippen LogP contribution in [0.1, 0.15) is 5.56 Å². The second kappa shape index (κ2) is 5.01. The number of anilines is 2. The zero-order valence-electron chi connectivity index (χ0n) is 9.55. The summed E-state index contributed by atoms with van der Waals surface area (Å²) in [4.78, 5) is 14.3. The van der Waals surface area contributed by atoms with Gasteiger partial charge in [0.25, 0.3) is 0 Å². The van der Waals surface area contributed by atoms with Crippen LogP contribution < -0.4 is 5.32 Å². The summed E-state index contributed by atoms with van der Waals surface area (Å²) in [6.45, 7) is 1.96. The molecular weight excluding hydrogens is 254 g/mol. The summed E-state index contributed by atoms with van der Waals surface area (Å²) >= 11 is 5.74. The number of nitrogens with one attached hydrogen (secondary N) is 1. The minimum atomic E-state index is -0.500. The van der Waals surface area contributed by atoms with E-state index >= 15 is 0 Å². The number of rotatable bonds is 3. The molecule has 0 radical (unpaired) electrons. The molecule has 5 nitrogen and oxygen atoms in total. The third kappa shape index (κ3) is 2.75. The van der Waals surface area contributed by atoms with Gasteiger partial charge < -0.3 is 5.32 Å². The van der Waals surface area contributed by atoms with Gasteiger partial charge in [0.2, 0.25) is 5.82 Å². The van der Waals surface area contributed by atoms with Crippen molar-refractivity contribution in [1.82, 2.24) is 4.98 Å². The Morgan fingerprint density at radius 1 is 1.22 bits per heavy atom. The second-order valence-corrected chi connectivity index (χ2v) is 4.14. The van der Waals surface area contributed by atoms with Gasteiger partial charge in [-0.05, 0) is 25.1 Å². The maximum atomic E-state index is 10.9. The number of pyridine rings is 1. The lowest BCUT2D eigenvalue weighted by Crippen LogP contribution is -1.99. The summed E-state index contributed by atoms with van der Waals surface area (Å²) in [6, 6.07) is 10.2. The molecule has 1 heterocycles. The molecule has 0 bridgehead atoms. The first-order valence-electron chi connectivity index (χ1n) is 5.21. The Bertz CT molecular complexity index is 584. The lowest BCUT2D eigenvalue weighted by molar-refractivity contribution is -0.384. The fourth-order valence-electron chi connectivity index (χ4n) is 1.44. The number of nitrogens with zero attached hydrogens (tertiary/aromatic N) is 2. The smallest absolute Gasteiger partial charge is 0.311 e. The van der Waals surface area contributed by atoms with Crippen LogP contribution in [0.15, 0.2) is 36.4 Å². The molecule has 0 amide bonds. The minimum Gasteiger partial charge on any atom is -0.334 e. The van der Waals surface area contributed by atoms with Crippen molar-refractivity contribution in [3.63, 3.8) is 0 Å². The molecule has 2 aromatic rings. The molecule has 1 aromatic heterocycles. The number of hydrogen-bond acceptors (Lipinski definition) is 4. The Balaban J connectivity index is 2.35. The van der Waals surface area contributed by atoms with E-state index in [1.807, 2.05) is 31.2 Å². The van der Waals surface area contributed by atoms with E-state index in [9.17, 15) is 10.1 Å². The van der Waals surface area contributed by atoms with E-state index < -0.39 is 4.92 Å². The van der Waals surface area contributed by atoms with Crippen LogP contribution in [0.4, 0.5) is 17.2 Å². The van der Waals surface area contributed by atoms with Crippen LogP contribution in [0.5, 0.6) is 0 Å². The highest BCUT2D eigenvalue weighted by Gasteiger charge is 2.15. The fourth-order valence-corrected chi connectivity index (χ4v) is 1.59. The van der Waals surface area contributed by atoms with Crippen molar-refractivity contribution in [2.45, 2.75) is 6.92 Å². The minimum absolute atomic E-state index is 0.111. The van der Waals surface area contributed by atoms with Crippen molar-refractivity contribution < 1.29 is 4.92 Å². The number of nitro groups is 1. The van der Waals surface area contributed by atoms with Gasteiger partial charge in [-0.15, -0.1) is 0 Å². The van der Waals surface area contributed by atoms with Gasteiger partial charge in [-0.1, -0.05) is 29.3 Å². The fraction of sp³-hybridized carbons (Fsp3) is 0.0833. The molecule has 2 rings (SSSR count). The van der Waals surface area contributed by atoms with Crippen molar-refractivity contribution in [3.8, 4) is 0 Å². The van der Waals surface area contributed by atoms with Crippen LogP contribution in [0.3, 0.4) is 0 Å². The first-order chi connectivity index (χ1) is 8.56. The van der Waals surface area contributed by atoms with Crippen LogP contribution in [0.25, 0.3) is 0 Å². The second-order valence-electron chi connectivity index (χ2n) is 3.75. The van der Waals surface area contributed by atoms with E-state index in [4.69, 9.17) is 11.6 Å². The van der Waals surface area contributed by atoms with E-state index in [2.05, 4.69) is 10.3 Å². The van der Waals surface area contributed by atoms with Crippen LogP contribution in [0, 0.1) is 17.0 Å². The highest BCUT2D eigenvalue weighted by molar-refractivity contribution is 6.29. The van der Waals surface area contributed by atoms with Crippen LogP contribution in [-0.2, 0) is 0 Å². The summed E-state index contributed by atoms with van der Waals surface area (Å²) in [5.74, 6) is 0.136. The monoisotopic (exact) mass is 263 g/mol. The van der Waals surface area contributed by atoms with Crippen LogP contribution >= 0.6 is 11.6 Å².